The lowest BCUT2D eigenvalue weighted by molar-refractivity contribution is -0.135. The number of hydrogen-bond acceptors (Lipinski definition) is 5. The summed E-state index contributed by atoms with van der Waals surface area (Å²) in [4.78, 5) is 18.1. The number of ether oxygens (including phenoxy) is 1. The highest BCUT2D eigenvalue weighted by Crippen LogP contribution is 2.24. The maximum Gasteiger partial charge on any atom is 0.249 e. The van der Waals surface area contributed by atoms with Crippen molar-refractivity contribution < 1.29 is 14.1 Å². The molecule has 6 nitrogen and oxygen atoms in total. The first-order valence-corrected chi connectivity index (χ1v) is 6.21. The van der Waals surface area contributed by atoms with E-state index in [0.29, 0.717) is 25.5 Å². The van der Waals surface area contributed by atoms with Crippen molar-refractivity contribution >= 4 is 5.91 Å². The van der Waals surface area contributed by atoms with E-state index >= 15 is 0 Å². The van der Waals surface area contributed by atoms with Crippen LogP contribution in [0.2, 0.25) is 0 Å². The molecule has 96 valence electrons. The zero-order chi connectivity index (χ0) is 12.4. The molecule has 2 aliphatic rings. The largest absolute Gasteiger partial charge is 0.366 e. The molecule has 6 heteroatoms. The first-order valence-electron chi connectivity index (χ1n) is 6.21. The fourth-order valence-corrected chi connectivity index (χ4v) is 2.38. The number of nitrogens with zero attached hydrogens (tertiary/aromatic N) is 3. The molecular formula is C12H15N3O3. The number of aromatic nitrogens is 2. The molecule has 0 bridgehead atoms. The molecule has 3 rings (SSSR count). The summed E-state index contributed by atoms with van der Waals surface area (Å²) in [5, 5.41) is 3.77. The normalized spacial score (nSPS) is 24.1. The Balaban J connectivity index is 1.68. The number of amides is 1. The van der Waals surface area contributed by atoms with E-state index in [1.807, 2.05) is 11.0 Å². The average molecular weight is 249 g/mol. The second kappa shape index (κ2) is 4.89. The van der Waals surface area contributed by atoms with Crippen LogP contribution in [-0.4, -0.2) is 40.6 Å². The molecule has 0 spiro atoms. The smallest absolute Gasteiger partial charge is 0.249 e. The molecule has 1 aromatic heterocycles. The Kier molecular flexibility index (Phi) is 3.10. The Labute approximate surface area is 105 Å². The lowest BCUT2D eigenvalue weighted by Gasteiger charge is -2.31. The third kappa shape index (κ3) is 2.15. The van der Waals surface area contributed by atoms with Crippen LogP contribution in [0.5, 0.6) is 0 Å². The van der Waals surface area contributed by atoms with Crippen molar-refractivity contribution in [1.29, 1.82) is 0 Å². The van der Waals surface area contributed by atoms with Gasteiger partial charge >= 0.3 is 0 Å². The minimum Gasteiger partial charge on any atom is -0.366 e. The summed E-state index contributed by atoms with van der Waals surface area (Å²) < 4.78 is 10.3. The molecule has 0 saturated carbocycles. The van der Waals surface area contributed by atoms with Gasteiger partial charge in [-0.3, -0.25) is 4.79 Å². The summed E-state index contributed by atoms with van der Waals surface area (Å²) in [5.41, 5.74) is 0.934. The van der Waals surface area contributed by atoms with Crippen LogP contribution >= 0.6 is 0 Å². The van der Waals surface area contributed by atoms with Crippen LogP contribution in [0, 0.1) is 0 Å². The SMILES string of the molecule is O=C(C1=CCCC1)N1CCOC(c2ncon2)C1. The second-order valence-corrected chi connectivity index (χ2v) is 4.52. The van der Waals surface area contributed by atoms with Gasteiger partial charge in [-0.2, -0.15) is 4.98 Å². The van der Waals surface area contributed by atoms with Gasteiger partial charge in [-0.1, -0.05) is 11.2 Å². The summed E-state index contributed by atoms with van der Waals surface area (Å²) in [6.45, 7) is 1.64. The molecular weight excluding hydrogens is 234 g/mol. The van der Waals surface area contributed by atoms with Crippen LogP contribution < -0.4 is 0 Å². The highest BCUT2D eigenvalue weighted by Gasteiger charge is 2.29. The van der Waals surface area contributed by atoms with Crippen LogP contribution in [-0.2, 0) is 9.53 Å². The standard InChI is InChI=1S/C12H15N3O3/c16-12(9-3-1-2-4-9)15-5-6-17-10(7-15)11-13-8-18-14-11/h3,8,10H,1-2,4-7H2. The van der Waals surface area contributed by atoms with Crippen LogP contribution in [0.15, 0.2) is 22.6 Å². The number of morpholine rings is 1. The van der Waals surface area contributed by atoms with Crippen LogP contribution in [0.3, 0.4) is 0 Å². The van der Waals surface area contributed by atoms with Gasteiger partial charge in [-0.15, -0.1) is 0 Å². The Morgan fingerprint density at radius 1 is 1.50 bits per heavy atom. The number of carbonyl (C=O) groups is 1. The highest BCUT2D eigenvalue weighted by atomic mass is 16.5. The highest BCUT2D eigenvalue weighted by molar-refractivity contribution is 5.93. The summed E-state index contributed by atoms with van der Waals surface area (Å²) in [6.07, 6.45) is 6.03. The van der Waals surface area contributed by atoms with Crippen LogP contribution in [0.4, 0.5) is 0 Å². The molecule has 1 fully saturated rings. The van der Waals surface area contributed by atoms with E-state index in [9.17, 15) is 4.79 Å². The van der Waals surface area contributed by atoms with Gasteiger partial charge in [0, 0.05) is 12.1 Å². The van der Waals surface area contributed by atoms with E-state index in [2.05, 4.69) is 10.1 Å². The Bertz CT molecular complexity index is 455. The van der Waals surface area contributed by atoms with Crippen molar-refractivity contribution in [3.63, 3.8) is 0 Å². The molecule has 2 heterocycles. The Morgan fingerprint density at radius 3 is 3.17 bits per heavy atom. The lowest BCUT2D eigenvalue weighted by atomic mass is 10.1. The molecule has 0 radical (unpaired) electrons. The van der Waals surface area contributed by atoms with Gasteiger partial charge in [0.05, 0.1) is 13.2 Å². The van der Waals surface area contributed by atoms with E-state index in [1.54, 1.807) is 0 Å². The maximum atomic E-state index is 12.3. The van der Waals surface area contributed by atoms with Gasteiger partial charge in [-0.05, 0) is 19.3 Å². The van der Waals surface area contributed by atoms with Crippen molar-refractivity contribution in [1.82, 2.24) is 15.0 Å². The summed E-state index contributed by atoms with van der Waals surface area (Å²) in [6, 6.07) is 0. The van der Waals surface area contributed by atoms with Gasteiger partial charge in [0.25, 0.3) is 0 Å². The molecule has 1 saturated heterocycles. The molecule has 1 atom stereocenters. The van der Waals surface area contributed by atoms with Gasteiger partial charge in [-0.25, -0.2) is 0 Å². The second-order valence-electron chi connectivity index (χ2n) is 4.52. The zero-order valence-electron chi connectivity index (χ0n) is 10.0. The van der Waals surface area contributed by atoms with E-state index in [1.165, 1.54) is 6.39 Å². The minimum atomic E-state index is -0.275. The van der Waals surface area contributed by atoms with Gasteiger partial charge in [0.1, 0.15) is 6.10 Å². The molecule has 1 aromatic rings. The third-order valence-electron chi connectivity index (χ3n) is 3.34. The molecule has 0 aromatic carbocycles. The van der Waals surface area contributed by atoms with Crippen molar-refractivity contribution in [2.45, 2.75) is 25.4 Å². The molecule has 1 amide bonds. The van der Waals surface area contributed by atoms with E-state index in [-0.39, 0.29) is 12.0 Å². The molecule has 1 unspecified atom stereocenters. The first-order chi connectivity index (χ1) is 8.84. The van der Waals surface area contributed by atoms with Gasteiger partial charge in [0.2, 0.25) is 18.1 Å². The number of carbonyl (C=O) groups excluding carboxylic acids is 1. The first kappa shape index (κ1) is 11.4. The maximum absolute atomic E-state index is 12.3. The zero-order valence-corrected chi connectivity index (χ0v) is 10.0. The van der Waals surface area contributed by atoms with Gasteiger partial charge in [0.15, 0.2) is 0 Å². The summed E-state index contributed by atoms with van der Waals surface area (Å²) >= 11 is 0. The van der Waals surface area contributed by atoms with Crippen LogP contribution in [0.1, 0.15) is 31.2 Å². The molecule has 1 aliphatic heterocycles. The lowest BCUT2D eigenvalue weighted by Crippen LogP contribution is -2.43. The molecule has 0 N–H and O–H groups in total. The Hall–Kier alpha value is -1.69. The fourth-order valence-electron chi connectivity index (χ4n) is 2.38. The van der Waals surface area contributed by atoms with Crippen molar-refractivity contribution in [3.8, 4) is 0 Å². The van der Waals surface area contributed by atoms with Gasteiger partial charge < -0.3 is 14.2 Å². The number of rotatable bonds is 2. The Morgan fingerprint density at radius 2 is 2.44 bits per heavy atom. The predicted octanol–water partition coefficient (Wildman–Crippen LogP) is 1.08. The number of allylic oxidation sites excluding steroid dienone is 1. The topological polar surface area (TPSA) is 68.5 Å². The number of hydrogen-bond donors (Lipinski definition) is 0. The fraction of sp³-hybridized carbons (Fsp3) is 0.583. The van der Waals surface area contributed by atoms with Crippen LogP contribution in [0.25, 0.3) is 0 Å². The van der Waals surface area contributed by atoms with E-state index < -0.39 is 0 Å². The monoisotopic (exact) mass is 249 g/mol. The summed E-state index contributed by atoms with van der Waals surface area (Å²) in [7, 11) is 0. The minimum absolute atomic E-state index is 0.129. The molecule has 1 aliphatic carbocycles. The van der Waals surface area contributed by atoms with E-state index in [4.69, 9.17) is 9.26 Å². The predicted molar refractivity (Wildman–Crippen MR) is 61.5 cm³/mol. The van der Waals surface area contributed by atoms with Crippen molar-refractivity contribution in [2.75, 3.05) is 19.7 Å². The van der Waals surface area contributed by atoms with E-state index in [0.717, 1.165) is 24.8 Å². The summed E-state index contributed by atoms with van der Waals surface area (Å²) in [5.74, 6) is 0.636. The van der Waals surface area contributed by atoms with Crippen molar-refractivity contribution in [2.24, 2.45) is 0 Å². The third-order valence-corrected chi connectivity index (χ3v) is 3.34. The van der Waals surface area contributed by atoms with Crippen molar-refractivity contribution in [3.05, 3.63) is 23.9 Å². The molecule has 18 heavy (non-hydrogen) atoms. The quantitative estimate of drug-likeness (QED) is 0.784. The average Bonchev–Trinajstić information content (AvgIpc) is 3.11.